The molecule has 0 saturated carbocycles. The summed E-state index contributed by atoms with van der Waals surface area (Å²) >= 11 is 0. The van der Waals surface area contributed by atoms with E-state index >= 15 is 0 Å². The molecule has 2 heterocycles. The number of sulfonamides is 1. The molecule has 0 radical (unpaired) electrons. The van der Waals surface area contributed by atoms with E-state index in [1.54, 1.807) is 21.3 Å². The van der Waals surface area contributed by atoms with E-state index < -0.39 is 10.0 Å². The molecular formula is C23H35N3O3S+2. The number of rotatable bonds is 6. The number of benzene rings is 2. The lowest BCUT2D eigenvalue weighted by Crippen LogP contribution is -3.19. The first kappa shape index (κ1) is 21.7. The molecule has 2 N–H and O–H groups in total. The summed E-state index contributed by atoms with van der Waals surface area (Å²) in [6.07, 6.45) is 0.283. The molecule has 4 rings (SSSR count). The van der Waals surface area contributed by atoms with Crippen molar-refractivity contribution in [1.29, 1.82) is 0 Å². The Hall–Kier alpha value is -1.51. The Balaban J connectivity index is 1.34. The number of ether oxygens (including phenoxy) is 1. The minimum Gasteiger partial charge on any atom is -0.361 e. The SMILES string of the molecule is CC(C)C[NH+]1CCO[C@H](C[NH+]2CCN(S(=O)(=O)c3ccc4ccccc4c3)CC2)C1. The van der Waals surface area contributed by atoms with Crippen molar-refractivity contribution in [3.05, 3.63) is 42.5 Å². The maximum absolute atomic E-state index is 13.2. The molecule has 2 fully saturated rings. The number of quaternary nitrogens is 2. The maximum atomic E-state index is 13.2. The van der Waals surface area contributed by atoms with Gasteiger partial charge >= 0.3 is 0 Å². The number of hydrogen-bond donors (Lipinski definition) is 2. The van der Waals surface area contributed by atoms with Crippen LogP contribution in [0.3, 0.4) is 0 Å². The predicted molar refractivity (Wildman–Crippen MR) is 118 cm³/mol. The molecule has 2 aromatic carbocycles. The Morgan fingerprint density at radius 1 is 1.03 bits per heavy atom. The van der Waals surface area contributed by atoms with E-state index in [1.165, 1.54) is 11.4 Å². The molecule has 7 heteroatoms. The van der Waals surface area contributed by atoms with Crippen LogP contribution in [-0.2, 0) is 14.8 Å². The van der Waals surface area contributed by atoms with Gasteiger partial charge in [0.25, 0.3) is 0 Å². The van der Waals surface area contributed by atoms with Crippen LogP contribution >= 0.6 is 0 Å². The first-order valence-electron chi connectivity index (χ1n) is 11.2. The average Bonchev–Trinajstić information content (AvgIpc) is 2.73. The molecule has 0 bridgehead atoms. The summed E-state index contributed by atoms with van der Waals surface area (Å²) in [6.45, 7) is 12.6. The second-order valence-electron chi connectivity index (χ2n) is 9.16. The number of fused-ring (bicyclic) bond motifs is 1. The fourth-order valence-corrected chi connectivity index (χ4v) is 6.27. The van der Waals surface area contributed by atoms with Gasteiger partial charge in [-0.1, -0.05) is 44.2 Å². The lowest BCUT2D eigenvalue weighted by Gasteiger charge is -2.36. The van der Waals surface area contributed by atoms with Gasteiger partial charge in [0.2, 0.25) is 10.0 Å². The summed E-state index contributed by atoms with van der Waals surface area (Å²) in [5, 5.41) is 2.03. The third-order valence-corrected chi connectivity index (χ3v) is 8.22. The standard InChI is InChI=1S/C23H33N3O3S/c1-19(2)16-25-13-14-29-22(18-25)17-24-9-11-26(12-10-24)30(27,28)23-8-7-20-5-3-4-6-21(20)15-23/h3-8,15,19,22H,9-14,16-18H2,1-2H3/p+2/t22-/m1/s1. The lowest BCUT2D eigenvalue weighted by molar-refractivity contribution is -0.935. The van der Waals surface area contributed by atoms with E-state index in [2.05, 4.69) is 13.8 Å². The molecular weight excluding hydrogens is 398 g/mol. The van der Waals surface area contributed by atoms with Gasteiger partial charge < -0.3 is 14.5 Å². The summed E-state index contributed by atoms with van der Waals surface area (Å²) in [4.78, 5) is 3.49. The van der Waals surface area contributed by atoms with Crippen molar-refractivity contribution in [1.82, 2.24) is 4.31 Å². The van der Waals surface area contributed by atoms with E-state index in [0.29, 0.717) is 23.9 Å². The molecule has 2 aliphatic rings. The molecule has 164 valence electrons. The molecule has 2 saturated heterocycles. The zero-order valence-electron chi connectivity index (χ0n) is 18.1. The highest BCUT2D eigenvalue weighted by molar-refractivity contribution is 7.89. The zero-order chi connectivity index (χ0) is 21.1. The van der Waals surface area contributed by atoms with Gasteiger partial charge in [-0.2, -0.15) is 4.31 Å². The van der Waals surface area contributed by atoms with Crippen molar-refractivity contribution >= 4 is 20.8 Å². The number of piperazine rings is 1. The number of hydrogen-bond acceptors (Lipinski definition) is 3. The summed E-state index contributed by atoms with van der Waals surface area (Å²) in [5.41, 5.74) is 0. The van der Waals surface area contributed by atoms with Gasteiger partial charge in [-0.25, -0.2) is 8.42 Å². The fourth-order valence-electron chi connectivity index (χ4n) is 4.79. The third-order valence-electron chi connectivity index (χ3n) is 6.33. The van der Waals surface area contributed by atoms with Crippen molar-refractivity contribution in [2.45, 2.75) is 24.8 Å². The second kappa shape index (κ2) is 9.32. The highest BCUT2D eigenvalue weighted by atomic mass is 32.2. The van der Waals surface area contributed by atoms with E-state index in [4.69, 9.17) is 4.74 Å². The third kappa shape index (κ3) is 5.03. The monoisotopic (exact) mass is 433 g/mol. The molecule has 0 amide bonds. The molecule has 2 aromatic rings. The van der Waals surface area contributed by atoms with Crippen LogP contribution in [0, 0.1) is 5.92 Å². The molecule has 30 heavy (non-hydrogen) atoms. The molecule has 0 aromatic heterocycles. The minimum atomic E-state index is -3.45. The number of nitrogens with one attached hydrogen (secondary N) is 2. The summed E-state index contributed by atoms with van der Waals surface area (Å²) < 4.78 is 34.0. The average molecular weight is 434 g/mol. The second-order valence-corrected chi connectivity index (χ2v) is 11.1. The van der Waals surface area contributed by atoms with Gasteiger partial charge in [0.1, 0.15) is 19.6 Å². The molecule has 2 aliphatic heterocycles. The predicted octanol–water partition coefficient (Wildman–Crippen LogP) is -0.331. The van der Waals surface area contributed by atoms with Crippen LogP contribution in [-0.4, -0.2) is 77.8 Å². The van der Waals surface area contributed by atoms with Crippen LogP contribution in [0.4, 0.5) is 0 Å². The molecule has 0 aliphatic carbocycles. The van der Waals surface area contributed by atoms with Crippen LogP contribution in [0.5, 0.6) is 0 Å². The summed E-state index contributed by atoms with van der Waals surface area (Å²) in [6, 6.07) is 13.3. The van der Waals surface area contributed by atoms with Crippen LogP contribution in [0.15, 0.2) is 47.4 Å². The molecule has 1 unspecified atom stereocenters. The van der Waals surface area contributed by atoms with Crippen molar-refractivity contribution in [3.8, 4) is 0 Å². The molecule has 6 nitrogen and oxygen atoms in total. The van der Waals surface area contributed by atoms with E-state index in [1.807, 2.05) is 30.3 Å². The Bertz CT molecular complexity index is 955. The largest absolute Gasteiger partial charge is 0.361 e. The highest BCUT2D eigenvalue weighted by Crippen LogP contribution is 2.21. The van der Waals surface area contributed by atoms with Crippen LogP contribution in [0.25, 0.3) is 10.8 Å². The zero-order valence-corrected chi connectivity index (χ0v) is 19.0. The summed E-state index contributed by atoms with van der Waals surface area (Å²) in [5.74, 6) is 0.704. The quantitative estimate of drug-likeness (QED) is 0.656. The Morgan fingerprint density at radius 3 is 2.50 bits per heavy atom. The van der Waals surface area contributed by atoms with Crippen molar-refractivity contribution in [3.63, 3.8) is 0 Å². The van der Waals surface area contributed by atoms with Gasteiger partial charge in [0.05, 0.1) is 44.2 Å². The van der Waals surface area contributed by atoms with E-state index in [-0.39, 0.29) is 6.10 Å². The Kier molecular flexibility index (Phi) is 6.75. The fraction of sp³-hybridized carbons (Fsp3) is 0.565. The van der Waals surface area contributed by atoms with Crippen molar-refractivity contribution in [2.24, 2.45) is 5.92 Å². The number of nitrogens with zero attached hydrogens (tertiary/aromatic N) is 1. The van der Waals surface area contributed by atoms with Crippen molar-refractivity contribution in [2.75, 3.05) is 59.0 Å². The van der Waals surface area contributed by atoms with E-state index in [9.17, 15) is 8.42 Å². The first-order chi connectivity index (χ1) is 14.4. The summed E-state index contributed by atoms with van der Waals surface area (Å²) in [7, 11) is -3.45. The molecule has 2 atom stereocenters. The van der Waals surface area contributed by atoms with Gasteiger partial charge in [-0.3, -0.25) is 0 Å². The molecule has 0 spiro atoms. The van der Waals surface area contributed by atoms with Gasteiger partial charge in [0, 0.05) is 5.92 Å². The van der Waals surface area contributed by atoms with Gasteiger partial charge in [-0.05, 0) is 22.9 Å². The van der Waals surface area contributed by atoms with Gasteiger partial charge in [0.15, 0.2) is 6.10 Å². The van der Waals surface area contributed by atoms with E-state index in [0.717, 1.165) is 50.1 Å². The first-order valence-corrected chi connectivity index (χ1v) is 12.6. The minimum absolute atomic E-state index is 0.283. The topological polar surface area (TPSA) is 55.5 Å². The van der Waals surface area contributed by atoms with Gasteiger partial charge in [-0.15, -0.1) is 0 Å². The Morgan fingerprint density at radius 2 is 1.77 bits per heavy atom. The smallest absolute Gasteiger partial charge is 0.243 e. The van der Waals surface area contributed by atoms with Crippen LogP contribution < -0.4 is 9.80 Å². The highest BCUT2D eigenvalue weighted by Gasteiger charge is 2.33. The van der Waals surface area contributed by atoms with Crippen LogP contribution in [0.2, 0.25) is 0 Å². The lowest BCUT2D eigenvalue weighted by atomic mass is 10.1. The normalized spacial score (nSPS) is 24.5. The number of morpholine rings is 1. The van der Waals surface area contributed by atoms with Crippen molar-refractivity contribution < 1.29 is 23.0 Å². The maximum Gasteiger partial charge on any atom is 0.243 e. The Labute approximate surface area is 180 Å². The van der Waals surface area contributed by atoms with Crippen LogP contribution in [0.1, 0.15) is 13.8 Å².